The molecule has 0 aliphatic carbocycles. The molecular formula is C26H36FN7O. The average Bonchev–Trinajstić information content (AvgIpc) is 3.29. The van der Waals surface area contributed by atoms with Crippen molar-refractivity contribution in [3.05, 3.63) is 41.3 Å². The molecule has 2 bridgehead atoms. The summed E-state index contributed by atoms with van der Waals surface area (Å²) in [7, 11) is 0. The summed E-state index contributed by atoms with van der Waals surface area (Å²) in [5.41, 5.74) is 2.68. The number of aromatic nitrogens is 4. The van der Waals surface area contributed by atoms with Crippen molar-refractivity contribution in [2.45, 2.75) is 58.4 Å². The fourth-order valence-corrected chi connectivity index (χ4v) is 4.96. The lowest BCUT2D eigenvalue weighted by Gasteiger charge is -2.30. The van der Waals surface area contributed by atoms with Crippen molar-refractivity contribution in [2.24, 2.45) is 5.92 Å². The molecule has 4 heterocycles. The molecular weight excluding hydrogens is 445 g/mol. The number of nitrogens with zero attached hydrogens (tertiary/aromatic N) is 5. The third-order valence-electron chi connectivity index (χ3n) is 7.02. The summed E-state index contributed by atoms with van der Waals surface area (Å²) in [6.45, 7) is 9.30. The number of halogens is 1. The van der Waals surface area contributed by atoms with Crippen molar-refractivity contribution < 1.29 is 9.13 Å². The number of ether oxygens (including phenoxy) is 1. The Morgan fingerprint density at radius 1 is 1.14 bits per heavy atom. The molecule has 0 radical (unpaired) electrons. The van der Waals surface area contributed by atoms with Gasteiger partial charge in [0.15, 0.2) is 5.65 Å². The smallest absolute Gasteiger partial charge is 0.230 e. The molecule has 0 spiro atoms. The largest absolute Gasteiger partial charge is 0.493 e. The molecule has 8 nitrogen and oxygen atoms in total. The van der Waals surface area contributed by atoms with E-state index in [2.05, 4.69) is 34.5 Å². The first-order valence-corrected chi connectivity index (χ1v) is 12.9. The highest BCUT2D eigenvalue weighted by molar-refractivity contribution is 5.56. The van der Waals surface area contributed by atoms with Crippen molar-refractivity contribution >= 4 is 17.5 Å². The van der Waals surface area contributed by atoms with E-state index in [1.807, 2.05) is 6.20 Å². The summed E-state index contributed by atoms with van der Waals surface area (Å²) in [4.78, 5) is 12.4. The minimum atomic E-state index is -0.280. The number of rotatable bonds is 3. The van der Waals surface area contributed by atoms with Gasteiger partial charge < -0.3 is 20.3 Å². The predicted molar refractivity (Wildman–Crippen MR) is 136 cm³/mol. The summed E-state index contributed by atoms with van der Waals surface area (Å²) < 4.78 is 21.9. The minimum Gasteiger partial charge on any atom is -0.493 e. The van der Waals surface area contributed by atoms with Crippen LogP contribution in [-0.2, 0) is 6.54 Å². The van der Waals surface area contributed by atoms with Crippen LogP contribution in [0.4, 0.5) is 16.3 Å². The van der Waals surface area contributed by atoms with E-state index in [0.717, 1.165) is 68.2 Å². The molecule has 2 N–H and O–H groups in total. The molecule has 2 aliphatic heterocycles. The van der Waals surface area contributed by atoms with Crippen molar-refractivity contribution in [3.8, 4) is 5.75 Å². The van der Waals surface area contributed by atoms with E-state index in [4.69, 9.17) is 14.7 Å². The Hall–Kier alpha value is -2.94. The van der Waals surface area contributed by atoms with Gasteiger partial charge in [0.2, 0.25) is 11.9 Å². The maximum absolute atomic E-state index is 14.1. The molecule has 188 valence electrons. The third kappa shape index (κ3) is 5.50. The number of nitrogens with one attached hydrogen (secondary N) is 2. The van der Waals surface area contributed by atoms with Crippen LogP contribution in [0.1, 0.15) is 63.0 Å². The lowest BCUT2D eigenvalue weighted by Crippen LogP contribution is -2.37. The number of fused-ring (bicyclic) bond motifs is 5. The van der Waals surface area contributed by atoms with E-state index in [1.165, 1.54) is 25.0 Å². The van der Waals surface area contributed by atoms with E-state index in [1.54, 1.807) is 10.6 Å². The minimum absolute atomic E-state index is 0.280. The Labute approximate surface area is 206 Å². The summed E-state index contributed by atoms with van der Waals surface area (Å²) in [5, 5.41) is 11.5. The van der Waals surface area contributed by atoms with E-state index in [9.17, 15) is 4.39 Å². The lowest BCUT2D eigenvalue weighted by atomic mass is 9.97. The second-order valence-corrected chi connectivity index (χ2v) is 9.99. The molecule has 3 aromatic rings. The maximum Gasteiger partial charge on any atom is 0.230 e. The number of anilines is 2. The molecule has 1 saturated heterocycles. The summed E-state index contributed by atoms with van der Waals surface area (Å²) >= 11 is 0. The Morgan fingerprint density at radius 2 is 2.00 bits per heavy atom. The van der Waals surface area contributed by atoms with Crippen LogP contribution in [0.25, 0.3) is 5.65 Å². The Kier molecular flexibility index (Phi) is 7.32. The lowest BCUT2D eigenvalue weighted by molar-refractivity contribution is 0.301. The van der Waals surface area contributed by atoms with Crippen LogP contribution in [0, 0.1) is 11.7 Å². The molecule has 9 heteroatoms. The summed E-state index contributed by atoms with van der Waals surface area (Å²) in [6.07, 6.45) is 7.27. The zero-order valence-corrected chi connectivity index (χ0v) is 20.8. The Morgan fingerprint density at radius 3 is 2.83 bits per heavy atom. The van der Waals surface area contributed by atoms with Gasteiger partial charge in [0, 0.05) is 30.8 Å². The quantitative estimate of drug-likeness (QED) is 0.575. The van der Waals surface area contributed by atoms with Crippen LogP contribution in [0.5, 0.6) is 5.75 Å². The fraction of sp³-hybridized carbons (Fsp3) is 0.577. The van der Waals surface area contributed by atoms with Gasteiger partial charge in [-0.3, -0.25) is 0 Å². The molecule has 1 aromatic carbocycles. The first-order chi connectivity index (χ1) is 17.1. The van der Waals surface area contributed by atoms with Gasteiger partial charge in [-0.15, -0.1) is 0 Å². The summed E-state index contributed by atoms with van der Waals surface area (Å²) in [6, 6.07) is 4.69. The molecule has 0 unspecified atom stereocenters. The van der Waals surface area contributed by atoms with Gasteiger partial charge in [0.05, 0.1) is 12.8 Å². The molecule has 0 saturated carbocycles. The second kappa shape index (κ2) is 10.8. The van der Waals surface area contributed by atoms with Crippen LogP contribution < -0.4 is 20.3 Å². The maximum atomic E-state index is 14.1. The van der Waals surface area contributed by atoms with E-state index in [0.29, 0.717) is 30.8 Å². The molecule has 2 aromatic heterocycles. The number of hydrogen-bond acceptors (Lipinski definition) is 7. The van der Waals surface area contributed by atoms with Crippen LogP contribution >= 0.6 is 0 Å². The van der Waals surface area contributed by atoms with E-state index in [-0.39, 0.29) is 11.7 Å². The first kappa shape index (κ1) is 23.8. The highest BCUT2D eigenvalue weighted by Crippen LogP contribution is 2.27. The van der Waals surface area contributed by atoms with Crippen LogP contribution in [0.2, 0.25) is 0 Å². The van der Waals surface area contributed by atoms with Gasteiger partial charge in [-0.2, -0.15) is 19.6 Å². The SMILES string of the molecule is CC(C)c1cnn2c3nc(nc12)N(CC1CCNCC1)CCCCCOc1ccc(F)cc1CN3. The standard InChI is InChI=1S/C26H36FN7O/c1-18(2)22-16-30-34-24(22)31-26-32-25(34)29-15-20-14-21(27)6-7-23(20)35-13-5-3-4-12-33(26)17-19-8-10-28-11-9-19/h6-7,14,16,18-19,28H,3-5,8-13,15,17H2,1-2H3,(H,29,31,32). The monoisotopic (exact) mass is 481 g/mol. The van der Waals surface area contributed by atoms with Gasteiger partial charge in [-0.05, 0) is 75.2 Å². The van der Waals surface area contributed by atoms with Gasteiger partial charge in [-0.25, -0.2) is 4.39 Å². The zero-order valence-electron chi connectivity index (χ0n) is 20.8. The van der Waals surface area contributed by atoms with Crippen molar-refractivity contribution in [2.75, 3.05) is 43.0 Å². The molecule has 5 rings (SSSR count). The van der Waals surface area contributed by atoms with Crippen LogP contribution in [0.3, 0.4) is 0 Å². The van der Waals surface area contributed by atoms with Crippen molar-refractivity contribution in [1.82, 2.24) is 24.9 Å². The van der Waals surface area contributed by atoms with Crippen LogP contribution in [0.15, 0.2) is 24.4 Å². The third-order valence-corrected chi connectivity index (χ3v) is 7.02. The average molecular weight is 482 g/mol. The van der Waals surface area contributed by atoms with E-state index < -0.39 is 0 Å². The molecule has 0 amide bonds. The zero-order chi connectivity index (χ0) is 24.2. The molecule has 35 heavy (non-hydrogen) atoms. The normalized spacial score (nSPS) is 18.1. The van der Waals surface area contributed by atoms with Gasteiger partial charge in [-0.1, -0.05) is 13.8 Å². The first-order valence-electron chi connectivity index (χ1n) is 12.9. The molecule has 0 atom stereocenters. The highest BCUT2D eigenvalue weighted by Gasteiger charge is 2.22. The van der Waals surface area contributed by atoms with Crippen molar-refractivity contribution in [3.63, 3.8) is 0 Å². The number of benzene rings is 1. The van der Waals surface area contributed by atoms with Gasteiger partial charge in [0.25, 0.3) is 0 Å². The summed E-state index contributed by atoms with van der Waals surface area (Å²) in [5.74, 6) is 2.69. The molecule has 2 aliphatic rings. The topological polar surface area (TPSA) is 79.6 Å². The highest BCUT2D eigenvalue weighted by atomic mass is 19.1. The van der Waals surface area contributed by atoms with E-state index >= 15 is 0 Å². The predicted octanol–water partition coefficient (Wildman–Crippen LogP) is 4.37. The second-order valence-electron chi connectivity index (χ2n) is 9.99. The van der Waals surface area contributed by atoms with Gasteiger partial charge >= 0.3 is 0 Å². The number of hydrogen-bond donors (Lipinski definition) is 2. The van der Waals surface area contributed by atoms with Gasteiger partial charge in [0.1, 0.15) is 11.6 Å². The fourth-order valence-electron chi connectivity index (χ4n) is 4.96. The number of piperidine rings is 1. The molecule has 1 fully saturated rings. The van der Waals surface area contributed by atoms with Crippen LogP contribution in [-0.4, -0.2) is 52.4 Å². The Bertz CT molecular complexity index is 1140. The van der Waals surface area contributed by atoms with Crippen molar-refractivity contribution in [1.29, 1.82) is 0 Å². The Balaban J connectivity index is 1.54.